The lowest BCUT2D eigenvalue weighted by Gasteiger charge is -2.09. The van der Waals surface area contributed by atoms with Gasteiger partial charge in [-0.2, -0.15) is 0 Å². The molecule has 0 aliphatic heterocycles. The molecule has 0 aliphatic carbocycles. The number of nitro benzene ring substituents is 2. The van der Waals surface area contributed by atoms with Crippen molar-refractivity contribution in [2.75, 3.05) is 19.8 Å². The van der Waals surface area contributed by atoms with E-state index in [1.54, 1.807) is 12.1 Å². The topological polar surface area (TPSA) is 137 Å². The van der Waals surface area contributed by atoms with Gasteiger partial charge in [0.25, 0.3) is 17.3 Å². The Kier molecular flexibility index (Phi) is 11.0. The van der Waals surface area contributed by atoms with Gasteiger partial charge in [0.05, 0.1) is 25.0 Å². The monoisotopic (exact) mass is 668 g/mol. The first kappa shape index (κ1) is 26.2. The van der Waals surface area contributed by atoms with Crippen LogP contribution in [0.15, 0.2) is 36.4 Å². The van der Waals surface area contributed by atoms with Crippen molar-refractivity contribution in [2.45, 2.75) is 25.7 Å². The number of hydrogen-bond acceptors (Lipinski definition) is 7. The largest absolute Gasteiger partial charge is 0.477 e. The maximum Gasteiger partial charge on any atom is 0.273 e. The highest BCUT2D eigenvalue weighted by atomic mass is 127. The lowest BCUT2D eigenvalue weighted by Crippen LogP contribution is -2.25. The first-order chi connectivity index (χ1) is 15.3. The van der Waals surface area contributed by atoms with Crippen molar-refractivity contribution in [3.05, 3.63) is 69.3 Å². The van der Waals surface area contributed by atoms with Crippen molar-refractivity contribution in [1.29, 1.82) is 0 Å². The third-order valence-corrected chi connectivity index (χ3v) is 6.26. The van der Waals surface area contributed by atoms with Crippen LogP contribution in [0.2, 0.25) is 0 Å². The number of hydrogen-bond donors (Lipinski definition) is 2. The van der Waals surface area contributed by atoms with Gasteiger partial charge in [0.2, 0.25) is 0 Å². The fraction of sp³-hybridized carbons (Fsp3) is 0.350. The molecule has 2 aromatic rings. The summed E-state index contributed by atoms with van der Waals surface area (Å²) < 4.78 is 7.03. The minimum atomic E-state index is -0.517. The summed E-state index contributed by atoms with van der Waals surface area (Å²) in [6.07, 6.45) is 3.62. The number of carbonyl (C=O) groups excluding carboxylic acids is 1. The Labute approximate surface area is 212 Å². The normalized spacial score (nSPS) is 10.6. The van der Waals surface area contributed by atoms with Crippen molar-refractivity contribution in [3.8, 4) is 5.75 Å². The van der Waals surface area contributed by atoms with E-state index >= 15 is 0 Å². The third-order valence-electron chi connectivity index (χ3n) is 4.43. The highest BCUT2D eigenvalue weighted by molar-refractivity contribution is 14.1. The Bertz CT molecular complexity index is 973. The highest BCUT2D eigenvalue weighted by Gasteiger charge is 2.15. The number of halogens is 2. The molecule has 0 saturated heterocycles. The molecule has 0 saturated carbocycles. The number of unbranched alkanes of at least 4 members (excludes halogenated alkanes) is 3. The minimum Gasteiger partial charge on any atom is -0.477 e. The Balaban J connectivity index is 1.57. The predicted octanol–water partition coefficient (Wildman–Crippen LogP) is 4.63. The minimum absolute atomic E-state index is 0.00675. The Morgan fingerprint density at radius 1 is 0.875 bits per heavy atom. The maximum absolute atomic E-state index is 12.2. The van der Waals surface area contributed by atoms with Gasteiger partial charge < -0.3 is 10.1 Å². The van der Waals surface area contributed by atoms with E-state index in [1.165, 1.54) is 24.3 Å². The van der Waals surface area contributed by atoms with E-state index in [9.17, 15) is 25.0 Å². The summed E-state index contributed by atoms with van der Waals surface area (Å²) in [6.45, 7) is 1.50. The summed E-state index contributed by atoms with van der Waals surface area (Å²) in [5.41, 5.74) is 0.197. The molecule has 1 amide bonds. The van der Waals surface area contributed by atoms with Crippen LogP contribution in [0.1, 0.15) is 36.0 Å². The van der Waals surface area contributed by atoms with Gasteiger partial charge in [-0.1, -0.05) is 12.8 Å². The van der Waals surface area contributed by atoms with Crippen LogP contribution >= 0.6 is 45.2 Å². The summed E-state index contributed by atoms with van der Waals surface area (Å²) in [5, 5.41) is 27.6. The number of nitrogens with zero attached hydrogens (tertiary/aromatic N) is 2. The zero-order valence-corrected chi connectivity index (χ0v) is 21.3. The van der Waals surface area contributed by atoms with Crippen LogP contribution in [0.25, 0.3) is 0 Å². The van der Waals surface area contributed by atoms with Crippen LogP contribution in [-0.4, -0.2) is 35.6 Å². The van der Waals surface area contributed by atoms with Gasteiger partial charge in [-0.05, 0) is 76.7 Å². The average Bonchev–Trinajstić information content (AvgIpc) is 2.75. The molecule has 0 heterocycles. The van der Waals surface area contributed by atoms with Crippen LogP contribution in [0.3, 0.4) is 0 Å². The molecule has 0 bridgehead atoms. The zero-order valence-electron chi connectivity index (χ0n) is 17.0. The molecule has 0 aromatic heterocycles. The summed E-state index contributed by atoms with van der Waals surface area (Å²) in [5.74, 6) is 0.161. The smallest absolute Gasteiger partial charge is 0.273 e. The lowest BCUT2D eigenvalue weighted by atomic mass is 10.1. The first-order valence-electron chi connectivity index (χ1n) is 9.79. The van der Waals surface area contributed by atoms with Crippen molar-refractivity contribution < 1.29 is 19.4 Å². The molecule has 2 aromatic carbocycles. The summed E-state index contributed by atoms with van der Waals surface area (Å²) in [4.78, 5) is 33.0. The van der Waals surface area contributed by atoms with Crippen molar-refractivity contribution >= 4 is 62.5 Å². The van der Waals surface area contributed by atoms with Gasteiger partial charge in [-0.25, -0.2) is 0 Å². The van der Waals surface area contributed by atoms with E-state index in [2.05, 4.69) is 33.2 Å². The van der Waals surface area contributed by atoms with Gasteiger partial charge in [-0.3, -0.25) is 30.3 Å². The van der Waals surface area contributed by atoms with Crippen LogP contribution in [0, 0.1) is 27.4 Å². The van der Waals surface area contributed by atoms with Gasteiger partial charge in [-0.15, -0.1) is 0 Å². The van der Waals surface area contributed by atoms with E-state index < -0.39 is 9.85 Å². The molecule has 0 radical (unpaired) electrons. The van der Waals surface area contributed by atoms with E-state index in [-0.39, 0.29) is 24.0 Å². The lowest BCUT2D eigenvalue weighted by molar-refractivity contribution is -0.385. The Morgan fingerprint density at radius 2 is 1.47 bits per heavy atom. The SMILES string of the molecule is O=C(NCCCCCCNCOc1cc([N+](=O)[O-])ccc1I)c1cc([N+](=O)[O-])ccc1I. The second-order valence-corrected chi connectivity index (χ2v) is 9.08. The predicted molar refractivity (Wildman–Crippen MR) is 136 cm³/mol. The molecule has 0 atom stereocenters. The molecule has 0 spiro atoms. The molecule has 32 heavy (non-hydrogen) atoms. The van der Waals surface area contributed by atoms with Crippen LogP contribution in [0.5, 0.6) is 5.75 Å². The second kappa shape index (κ2) is 13.5. The fourth-order valence-electron chi connectivity index (χ4n) is 2.74. The van der Waals surface area contributed by atoms with E-state index in [4.69, 9.17) is 4.74 Å². The number of carbonyl (C=O) groups is 1. The molecule has 0 fully saturated rings. The maximum atomic E-state index is 12.2. The number of ether oxygens (including phenoxy) is 1. The molecular formula is C20H22I2N4O6. The molecular weight excluding hydrogens is 646 g/mol. The number of non-ortho nitro benzene ring substituents is 2. The molecule has 2 N–H and O–H groups in total. The number of nitrogens with one attached hydrogen (secondary N) is 2. The van der Waals surface area contributed by atoms with Gasteiger partial charge in [0.1, 0.15) is 12.5 Å². The summed E-state index contributed by atoms with van der Waals surface area (Å²) >= 11 is 4.05. The summed E-state index contributed by atoms with van der Waals surface area (Å²) in [6, 6.07) is 8.72. The summed E-state index contributed by atoms with van der Waals surface area (Å²) in [7, 11) is 0. The van der Waals surface area contributed by atoms with Crippen molar-refractivity contribution in [1.82, 2.24) is 10.6 Å². The second-order valence-electron chi connectivity index (χ2n) is 6.75. The first-order valence-corrected chi connectivity index (χ1v) is 11.9. The molecule has 12 heteroatoms. The molecule has 172 valence electrons. The highest BCUT2D eigenvalue weighted by Crippen LogP contribution is 2.25. The quantitative estimate of drug-likeness (QED) is 0.105. The molecule has 10 nitrogen and oxygen atoms in total. The van der Waals surface area contributed by atoms with E-state index in [1.807, 2.05) is 22.6 Å². The van der Waals surface area contributed by atoms with Gasteiger partial charge in [0, 0.05) is 28.3 Å². The average molecular weight is 668 g/mol. The van der Waals surface area contributed by atoms with Gasteiger partial charge >= 0.3 is 0 Å². The van der Waals surface area contributed by atoms with Crippen molar-refractivity contribution in [2.24, 2.45) is 0 Å². The zero-order chi connectivity index (χ0) is 23.5. The Hall–Kier alpha value is -2.07. The van der Waals surface area contributed by atoms with E-state index in [0.717, 1.165) is 35.8 Å². The third kappa shape index (κ3) is 8.46. The van der Waals surface area contributed by atoms with Gasteiger partial charge in [0.15, 0.2) is 0 Å². The number of amides is 1. The van der Waals surface area contributed by atoms with Crippen molar-refractivity contribution in [3.63, 3.8) is 0 Å². The fourth-order valence-corrected chi connectivity index (χ4v) is 3.82. The van der Waals surface area contributed by atoms with Crippen LogP contribution < -0.4 is 15.4 Å². The van der Waals surface area contributed by atoms with Crippen LogP contribution in [-0.2, 0) is 0 Å². The number of benzene rings is 2. The van der Waals surface area contributed by atoms with Crippen LogP contribution in [0.4, 0.5) is 11.4 Å². The molecule has 2 rings (SSSR count). The Morgan fingerprint density at radius 3 is 2.12 bits per heavy atom. The van der Waals surface area contributed by atoms with E-state index in [0.29, 0.717) is 21.4 Å². The number of rotatable bonds is 13. The molecule has 0 unspecified atom stereocenters. The standard InChI is InChI=1S/C20H22I2N4O6/c21-17-7-5-14(25(28)29)11-16(17)20(27)24-10-4-2-1-3-9-23-13-32-19-12-15(26(30)31)6-8-18(19)22/h5-8,11-12,23H,1-4,9-10,13H2,(H,24,27). The molecule has 0 aliphatic rings. The number of nitro groups is 2.